The minimum atomic E-state index is -0.190. The van der Waals surface area contributed by atoms with Gasteiger partial charge < -0.3 is 10.6 Å². The van der Waals surface area contributed by atoms with Crippen molar-refractivity contribution in [3.05, 3.63) is 64.6 Å². The number of aromatic nitrogens is 1. The Labute approximate surface area is 160 Å². The molecule has 3 rings (SSSR count). The van der Waals surface area contributed by atoms with Crippen molar-refractivity contribution in [1.82, 2.24) is 15.6 Å². The molecule has 3 aromatic rings. The van der Waals surface area contributed by atoms with Crippen molar-refractivity contribution in [3.63, 3.8) is 0 Å². The third-order valence-corrected chi connectivity index (χ3v) is 4.36. The quantitative estimate of drug-likeness (QED) is 0.630. The summed E-state index contributed by atoms with van der Waals surface area (Å²) in [5.41, 5.74) is 2.99. The van der Waals surface area contributed by atoms with E-state index < -0.39 is 0 Å². The number of rotatable bonds is 5. The number of halogens is 1. The Balaban J connectivity index is 1.95. The number of carbonyl (C=O) groups excluding carboxylic acids is 2. The number of pyridine rings is 1. The molecule has 1 aromatic heterocycles. The highest BCUT2D eigenvalue weighted by Crippen LogP contribution is 2.26. The number of nitrogens with one attached hydrogen (secondary N) is 2. The second kappa shape index (κ2) is 8.10. The van der Waals surface area contributed by atoms with Gasteiger partial charge in [0.25, 0.3) is 5.91 Å². The molecule has 0 saturated heterocycles. The van der Waals surface area contributed by atoms with Gasteiger partial charge in [-0.2, -0.15) is 0 Å². The topological polar surface area (TPSA) is 71.1 Å². The molecule has 0 atom stereocenters. The molecule has 0 spiro atoms. The predicted molar refractivity (Wildman–Crippen MR) is 106 cm³/mol. The third-order valence-electron chi connectivity index (χ3n) is 3.87. The zero-order valence-electron chi connectivity index (χ0n) is 14.3. The molecule has 132 valence electrons. The van der Waals surface area contributed by atoms with Crippen molar-refractivity contribution in [1.29, 1.82) is 0 Å². The highest BCUT2D eigenvalue weighted by molar-refractivity contribution is 9.10. The smallest absolute Gasteiger partial charge is 0.252 e. The number of nitrogens with zero attached hydrogens (tertiary/aromatic N) is 1. The van der Waals surface area contributed by atoms with Crippen molar-refractivity contribution < 1.29 is 9.59 Å². The first kappa shape index (κ1) is 18.1. The molecule has 0 radical (unpaired) electrons. The van der Waals surface area contributed by atoms with Gasteiger partial charge in [0.2, 0.25) is 5.91 Å². The summed E-state index contributed by atoms with van der Waals surface area (Å²) in [4.78, 5) is 28.3. The van der Waals surface area contributed by atoms with E-state index in [-0.39, 0.29) is 11.8 Å². The normalized spacial score (nSPS) is 10.5. The lowest BCUT2D eigenvalue weighted by atomic mass is 10.0. The fourth-order valence-corrected chi connectivity index (χ4v) is 3.07. The molecule has 2 N–H and O–H groups in total. The van der Waals surface area contributed by atoms with E-state index in [1.54, 1.807) is 6.07 Å². The van der Waals surface area contributed by atoms with Crippen LogP contribution in [0.25, 0.3) is 22.2 Å². The van der Waals surface area contributed by atoms with E-state index in [9.17, 15) is 9.59 Å². The third kappa shape index (κ3) is 4.26. The summed E-state index contributed by atoms with van der Waals surface area (Å²) in [5.74, 6) is -0.309. The van der Waals surface area contributed by atoms with Crippen LogP contribution in [0.1, 0.15) is 17.3 Å². The molecule has 0 bridgehead atoms. The van der Waals surface area contributed by atoms with Gasteiger partial charge in [0.05, 0.1) is 16.8 Å². The van der Waals surface area contributed by atoms with Gasteiger partial charge in [-0.25, -0.2) is 4.98 Å². The molecule has 26 heavy (non-hydrogen) atoms. The Morgan fingerprint density at radius 1 is 1.00 bits per heavy atom. The summed E-state index contributed by atoms with van der Waals surface area (Å²) in [6.45, 7) is 2.20. The summed E-state index contributed by atoms with van der Waals surface area (Å²) in [6.07, 6.45) is 0. The van der Waals surface area contributed by atoms with E-state index >= 15 is 0 Å². The first-order valence-electron chi connectivity index (χ1n) is 8.23. The van der Waals surface area contributed by atoms with Crippen LogP contribution in [0.4, 0.5) is 0 Å². The molecule has 0 aliphatic heterocycles. The number of carbonyl (C=O) groups is 2. The lowest BCUT2D eigenvalue weighted by Crippen LogP contribution is -2.33. The van der Waals surface area contributed by atoms with Gasteiger partial charge in [-0.15, -0.1) is 0 Å². The molecule has 0 saturated carbocycles. The summed E-state index contributed by atoms with van der Waals surface area (Å²) in [5, 5.41) is 6.30. The number of hydrogen-bond acceptors (Lipinski definition) is 3. The van der Waals surface area contributed by atoms with Gasteiger partial charge >= 0.3 is 0 Å². The summed E-state index contributed by atoms with van der Waals surface area (Å²) < 4.78 is 0.950. The van der Waals surface area contributed by atoms with Gasteiger partial charge in [-0.05, 0) is 24.3 Å². The van der Waals surface area contributed by atoms with Gasteiger partial charge in [-0.3, -0.25) is 9.59 Å². The maximum Gasteiger partial charge on any atom is 0.252 e. The first-order chi connectivity index (χ1) is 12.5. The van der Waals surface area contributed by atoms with Crippen LogP contribution in [0.2, 0.25) is 0 Å². The molecule has 5 nitrogen and oxygen atoms in total. The van der Waals surface area contributed by atoms with Crippen LogP contribution in [-0.4, -0.2) is 29.9 Å². The molecule has 0 unspecified atom stereocenters. The second-order valence-electron chi connectivity index (χ2n) is 5.82. The standard InChI is InChI=1S/C20H18BrN3O2/c1-13(25)22-9-10-23-20(26)17-12-19(14-5-4-6-15(21)11-14)24-18-8-3-2-7-16(17)18/h2-8,11-12H,9-10H2,1H3,(H,22,25)(H,23,26). The van der Waals surface area contributed by atoms with Gasteiger partial charge in [0.1, 0.15) is 0 Å². The zero-order valence-corrected chi connectivity index (χ0v) is 15.8. The Morgan fingerprint density at radius 3 is 2.54 bits per heavy atom. The summed E-state index contributed by atoms with van der Waals surface area (Å²) >= 11 is 3.47. The predicted octanol–water partition coefficient (Wildman–Crippen LogP) is 3.53. The number of hydrogen-bond donors (Lipinski definition) is 2. The van der Waals surface area contributed by atoms with Gasteiger partial charge in [0, 0.05) is 35.4 Å². The van der Waals surface area contributed by atoms with E-state index in [1.165, 1.54) is 6.92 Å². The molecule has 2 amide bonds. The van der Waals surface area contributed by atoms with Gasteiger partial charge in [-0.1, -0.05) is 46.3 Å². The minimum Gasteiger partial charge on any atom is -0.355 e. The first-order valence-corrected chi connectivity index (χ1v) is 9.02. The highest BCUT2D eigenvalue weighted by Gasteiger charge is 2.13. The molecule has 0 aliphatic rings. The summed E-state index contributed by atoms with van der Waals surface area (Å²) in [6, 6.07) is 17.2. The van der Waals surface area contributed by atoms with Crippen LogP contribution in [0, 0.1) is 0 Å². The molecule has 0 aliphatic carbocycles. The number of amides is 2. The average Bonchev–Trinajstić information content (AvgIpc) is 2.64. The van der Waals surface area contributed by atoms with E-state index in [1.807, 2.05) is 48.5 Å². The van der Waals surface area contributed by atoms with E-state index in [0.29, 0.717) is 18.7 Å². The largest absolute Gasteiger partial charge is 0.355 e. The fourth-order valence-electron chi connectivity index (χ4n) is 2.67. The average molecular weight is 412 g/mol. The molecule has 2 aromatic carbocycles. The number of fused-ring (bicyclic) bond motifs is 1. The number of benzene rings is 2. The van der Waals surface area contributed by atoms with Crippen LogP contribution in [0.5, 0.6) is 0 Å². The lowest BCUT2D eigenvalue weighted by molar-refractivity contribution is -0.118. The van der Waals surface area contributed by atoms with Crippen molar-refractivity contribution in [2.45, 2.75) is 6.92 Å². The van der Waals surface area contributed by atoms with Crippen LogP contribution in [-0.2, 0) is 4.79 Å². The molecular weight excluding hydrogens is 394 g/mol. The SMILES string of the molecule is CC(=O)NCCNC(=O)c1cc(-c2cccc(Br)c2)nc2ccccc12. The molecule has 1 heterocycles. The molecule has 0 fully saturated rings. The van der Waals surface area contributed by atoms with Crippen LogP contribution in [0.15, 0.2) is 59.1 Å². The van der Waals surface area contributed by atoms with E-state index in [4.69, 9.17) is 4.98 Å². The minimum absolute atomic E-state index is 0.120. The Hall–Kier alpha value is -2.73. The van der Waals surface area contributed by atoms with Crippen molar-refractivity contribution in [2.24, 2.45) is 0 Å². The Bertz CT molecular complexity index is 972. The zero-order chi connectivity index (χ0) is 18.5. The van der Waals surface area contributed by atoms with Crippen LogP contribution in [0.3, 0.4) is 0 Å². The van der Waals surface area contributed by atoms with Gasteiger partial charge in [0.15, 0.2) is 0 Å². The fraction of sp³-hybridized carbons (Fsp3) is 0.150. The van der Waals surface area contributed by atoms with Crippen molar-refractivity contribution in [2.75, 3.05) is 13.1 Å². The Kier molecular flexibility index (Phi) is 5.63. The van der Waals surface area contributed by atoms with Crippen molar-refractivity contribution >= 4 is 38.6 Å². The van der Waals surface area contributed by atoms with Crippen LogP contribution >= 0.6 is 15.9 Å². The number of para-hydroxylation sites is 1. The van der Waals surface area contributed by atoms with Crippen molar-refractivity contribution in [3.8, 4) is 11.3 Å². The van der Waals surface area contributed by atoms with E-state index in [0.717, 1.165) is 26.6 Å². The lowest BCUT2D eigenvalue weighted by Gasteiger charge is -2.11. The molecule has 6 heteroatoms. The molecular formula is C20H18BrN3O2. The maximum absolute atomic E-state index is 12.7. The highest BCUT2D eigenvalue weighted by atomic mass is 79.9. The second-order valence-corrected chi connectivity index (χ2v) is 6.74. The maximum atomic E-state index is 12.7. The Morgan fingerprint density at radius 2 is 1.77 bits per heavy atom. The monoisotopic (exact) mass is 411 g/mol. The summed E-state index contributed by atoms with van der Waals surface area (Å²) in [7, 11) is 0. The van der Waals surface area contributed by atoms with Crippen LogP contribution < -0.4 is 10.6 Å². The van der Waals surface area contributed by atoms with E-state index in [2.05, 4.69) is 26.6 Å².